The van der Waals surface area contributed by atoms with Gasteiger partial charge in [-0.1, -0.05) is 113 Å². The van der Waals surface area contributed by atoms with Crippen LogP contribution < -0.4 is 14.4 Å². The van der Waals surface area contributed by atoms with E-state index in [9.17, 15) is 15.2 Å². The van der Waals surface area contributed by atoms with Gasteiger partial charge >= 0.3 is 5.97 Å². The van der Waals surface area contributed by atoms with E-state index in [-0.39, 0.29) is 5.76 Å². The number of fused-ring (bicyclic) bond motifs is 4. The SMILES string of the molecule is CCCCCCc1ccc(C2(c3ccc(CCCCCC)cc3)c3cc(N(c4ccc(OC)cc4)c4ccc(OC)cc4)ccc3-c3sc(-c4ccc(-c5ccc(/C=C(\C#N)C(=O)O)o5)c5nsnc45)cc32)cc1. The van der Waals surface area contributed by atoms with Crippen molar-refractivity contribution in [2.45, 2.75) is 83.5 Å². The van der Waals surface area contributed by atoms with Gasteiger partial charge < -0.3 is 23.9 Å². The molecule has 9 aromatic rings. The van der Waals surface area contributed by atoms with E-state index in [1.54, 1.807) is 43.8 Å². The van der Waals surface area contributed by atoms with Crippen molar-refractivity contribution < 1.29 is 23.8 Å². The molecule has 74 heavy (non-hydrogen) atoms. The highest BCUT2D eigenvalue weighted by Crippen LogP contribution is 2.61. The monoisotopic (exact) mass is 1010 g/mol. The van der Waals surface area contributed by atoms with Crippen molar-refractivity contribution in [3.8, 4) is 49.8 Å². The number of benzene rings is 6. The summed E-state index contributed by atoms with van der Waals surface area (Å²) in [5.41, 5.74) is 13.7. The third-order valence-corrected chi connectivity index (χ3v) is 16.1. The molecular formula is C63H58N4O5S2. The van der Waals surface area contributed by atoms with Gasteiger partial charge in [-0.15, -0.1) is 11.3 Å². The summed E-state index contributed by atoms with van der Waals surface area (Å²) >= 11 is 2.92. The molecule has 1 aliphatic carbocycles. The van der Waals surface area contributed by atoms with Gasteiger partial charge in [0.15, 0.2) is 0 Å². The highest BCUT2D eigenvalue weighted by Gasteiger charge is 2.48. The summed E-state index contributed by atoms with van der Waals surface area (Å²) in [5, 5.41) is 18.9. The van der Waals surface area contributed by atoms with E-state index < -0.39 is 17.0 Å². The number of aromatic nitrogens is 2. The van der Waals surface area contributed by atoms with Gasteiger partial charge in [0.05, 0.1) is 31.4 Å². The Labute approximate surface area is 441 Å². The molecule has 1 aliphatic rings. The number of anilines is 3. The number of carbonyl (C=O) groups is 1. The Morgan fingerprint density at radius 2 is 1.19 bits per heavy atom. The zero-order valence-electron chi connectivity index (χ0n) is 42.2. The standard InChI is InChI=1S/C63H58N4O5S2/c1-5-7-9-11-13-41-15-19-44(20-16-41)63(45-21-17-42(18-22-45)14-12-10-8-6-2)55-38-48(67(46-23-28-49(70-3)29-24-46)47-25-30-50(71-4)31-26-47)27-33-52(55)61-56(63)39-58(73-61)54-35-34-53(59-60(54)66-74-65-59)57-36-32-51(72-57)37-43(40-64)62(68)69/h15-39H,5-14H2,1-4H3,(H,68,69)/b43-37+. The normalized spacial score (nSPS) is 12.6. The average molecular weight is 1020 g/mol. The molecule has 0 fully saturated rings. The van der Waals surface area contributed by atoms with Gasteiger partial charge in [-0.2, -0.15) is 14.0 Å². The van der Waals surface area contributed by atoms with Crippen molar-refractivity contribution in [3.05, 3.63) is 190 Å². The fourth-order valence-electron chi connectivity index (χ4n) is 10.5. The first-order valence-corrected chi connectivity index (χ1v) is 27.1. The van der Waals surface area contributed by atoms with Crippen LogP contribution in [0, 0.1) is 11.3 Å². The van der Waals surface area contributed by atoms with Crippen molar-refractivity contribution in [1.29, 1.82) is 5.26 Å². The zero-order valence-corrected chi connectivity index (χ0v) is 43.8. The number of thiophene rings is 1. The van der Waals surface area contributed by atoms with Gasteiger partial charge in [-0.25, -0.2) is 4.79 Å². The summed E-state index contributed by atoms with van der Waals surface area (Å²) in [5.74, 6) is 1.02. The predicted octanol–water partition coefficient (Wildman–Crippen LogP) is 16.8. The van der Waals surface area contributed by atoms with Crippen LogP contribution in [0.2, 0.25) is 0 Å². The summed E-state index contributed by atoms with van der Waals surface area (Å²) in [6, 6.07) is 54.0. The fourth-order valence-corrected chi connectivity index (χ4v) is 12.4. The van der Waals surface area contributed by atoms with Crippen molar-refractivity contribution in [2.75, 3.05) is 19.1 Å². The Morgan fingerprint density at radius 3 is 1.73 bits per heavy atom. The highest BCUT2D eigenvalue weighted by molar-refractivity contribution is 7.19. The number of carboxylic acid groups (broad SMARTS) is 1. The van der Waals surface area contributed by atoms with E-state index in [2.05, 4.69) is 122 Å². The number of aryl methyl sites for hydroxylation is 2. The molecule has 0 atom stereocenters. The second kappa shape index (κ2) is 22.1. The van der Waals surface area contributed by atoms with Gasteiger partial charge in [0.1, 0.15) is 45.7 Å². The molecule has 0 amide bonds. The summed E-state index contributed by atoms with van der Waals surface area (Å²) < 4.78 is 27.0. The van der Waals surface area contributed by atoms with Gasteiger partial charge in [-0.3, -0.25) is 0 Å². The van der Waals surface area contributed by atoms with Crippen LogP contribution >= 0.6 is 23.1 Å². The van der Waals surface area contributed by atoms with E-state index in [4.69, 9.17) is 22.6 Å². The van der Waals surface area contributed by atoms with Crippen LogP contribution in [0.1, 0.15) is 104 Å². The fraction of sp³-hybridized carbons (Fsp3) is 0.238. The Morgan fingerprint density at radius 1 is 0.649 bits per heavy atom. The van der Waals surface area contributed by atoms with Gasteiger partial charge in [-0.05, 0) is 150 Å². The third-order valence-electron chi connectivity index (χ3n) is 14.3. The van der Waals surface area contributed by atoms with Crippen LogP contribution in [-0.2, 0) is 23.1 Å². The number of hydrogen-bond acceptors (Lipinski definition) is 10. The van der Waals surface area contributed by atoms with Crippen molar-refractivity contribution in [2.24, 2.45) is 0 Å². The van der Waals surface area contributed by atoms with E-state index in [1.807, 2.05) is 30.3 Å². The smallest absolute Gasteiger partial charge is 0.346 e. The lowest BCUT2D eigenvalue weighted by atomic mass is 9.67. The predicted molar refractivity (Wildman–Crippen MR) is 300 cm³/mol. The highest BCUT2D eigenvalue weighted by atomic mass is 32.1. The molecule has 0 aliphatic heterocycles. The van der Waals surface area contributed by atoms with Crippen LogP contribution in [0.5, 0.6) is 11.5 Å². The van der Waals surface area contributed by atoms with Gasteiger partial charge in [0, 0.05) is 44.0 Å². The number of rotatable bonds is 21. The lowest BCUT2D eigenvalue weighted by molar-refractivity contribution is -0.132. The average Bonchev–Trinajstić information content (AvgIpc) is 4.27. The lowest BCUT2D eigenvalue weighted by Gasteiger charge is -2.35. The van der Waals surface area contributed by atoms with Crippen LogP contribution in [0.3, 0.4) is 0 Å². The van der Waals surface area contributed by atoms with Crippen molar-refractivity contribution in [3.63, 3.8) is 0 Å². The summed E-state index contributed by atoms with van der Waals surface area (Å²) in [7, 11) is 3.39. The molecule has 3 aromatic heterocycles. The Kier molecular flexibility index (Phi) is 14.9. The molecule has 6 aromatic carbocycles. The molecule has 0 radical (unpaired) electrons. The first-order valence-electron chi connectivity index (χ1n) is 25.5. The maximum atomic E-state index is 11.6. The minimum atomic E-state index is -1.32. The molecule has 11 heteroatoms. The van der Waals surface area contributed by atoms with Crippen LogP contribution in [0.25, 0.3) is 49.3 Å². The molecular weight excluding hydrogens is 957 g/mol. The summed E-state index contributed by atoms with van der Waals surface area (Å²) in [4.78, 5) is 16.2. The molecule has 0 bridgehead atoms. The maximum absolute atomic E-state index is 11.6. The molecule has 3 heterocycles. The number of methoxy groups -OCH3 is 2. The van der Waals surface area contributed by atoms with E-state index in [0.29, 0.717) is 11.3 Å². The van der Waals surface area contributed by atoms with Crippen LogP contribution in [0.4, 0.5) is 17.1 Å². The third kappa shape index (κ3) is 9.63. The molecule has 0 saturated carbocycles. The number of ether oxygens (including phenoxy) is 2. The number of aliphatic carboxylic acids is 1. The van der Waals surface area contributed by atoms with E-state index in [0.717, 1.165) is 74.7 Å². The minimum absolute atomic E-state index is 0.261. The lowest BCUT2D eigenvalue weighted by Crippen LogP contribution is -2.28. The molecule has 10 rings (SSSR count). The number of unbranched alkanes of at least 4 members (excludes halogenated alkanes) is 6. The first kappa shape index (κ1) is 49.8. The quantitative estimate of drug-likeness (QED) is 0.0426. The van der Waals surface area contributed by atoms with Crippen LogP contribution in [0.15, 0.2) is 156 Å². The topological polar surface area (TPSA) is 122 Å². The van der Waals surface area contributed by atoms with Gasteiger partial charge in [0.25, 0.3) is 0 Å². The number of hydrogen-bond donors (Lipinski definition) is 1. The summed E-state index contributed by atoms with van der Waals surface area (Å²) in [6.07, 6.45) is 13.0. The van der Waals surface area contributed by atoms with Crippen molar-refractivity contribution in [1.82, 2.24) is 8.75 Å². The van der Waals surface area contributed by atoms with E-state index in [1.165, 1.54) is 101 Å². The zero-order chi connectivity index (χ0) is 51.2. The van der Waals surface area contributed by atoms with Gasteiger partial charge in [0.2, 0.25) is 0 Å². The first-order chi connectivity index (χ1) is 36.3. The second-order valence-electron chi connectivity index (χ2n) is 18.9. The molecule has 1 N–H and O–H groups in total. The maximum Gasteiger partial charge on any atom is 0.346 e. The second-order valence-corrected chi connectivity index (χ2v) is 20.5. The largest absolute Gasteiger partial charge is 0.497 e. The molecule has 9 nitrogen and oxygen atoms in total. The Balaban J connectivity index is 1.17. The number of furan rings is 1. The minimum Gasteiger partial charge on any atom is -0.497 e. The molecule has 0 saturated heterocycles. The molecule has 0 spiro atoms. The Bertz CT molecular complexity index is 3390. The van der Waals surface area contributed by atoms with Crippen molar-refractivity contribution >= 4 is 63.2 Å². The molecule has 372 valence electrons. The van der Waals surface area contributed by atoms with E-state index >= 15 is 0 Å². The number of carboxylic acids is 1. The number of nitrogens with zero attached hydrogens (tertiary/aromatic N) is 4. The summed E-state index contributed by atoms with van der Waals surface area (Å²) in [6.45, 7) is 4.52. The number of nitriles is 1. The Hall–Kier alpha value is -7.78. The molecule has 0 unspecified atom stereocenters. The van der Waals surface area contributed by atoms with Crippen LogP contribution in [-0.4, -0.2) is 34.0 Å².